The number of aliphatic hydroxyl groups excluding tert-OH is 4. The summed E-state index contributed by atoms with van der Waals surface area (Å²) < 4.78 is 33.9. The molecule has 160 valence electrons. The second-order valence-electron chi connectivity index (χ2n) is 6.49. The molecule has 0 amide bonds. The molecule has 14 heteroatoms. The number of Topliss-reactive ketones (excluding diaryl/α,β-unsaturated/α-hetero) is 2. The van der Waals surface area contributed by atoms with E-state index < -0.39 is 69.2 Å². The van der Waals surface area contributed by atoms with Gasteiger partial charge in [-0.1, -0.05) is 24.3 Å². The second kappa shape index (κ2) is 11.4. The maximum absolute atomic E-state index is 12.0. The first-order valence-electron chi connectivity index (χ1n) is 8.11. The molecule has 5 N–H and O–H groups in total. The zero-order valence-electron chi connectivity index (χ0n) is 17.0. The first-order valence-corrected chi connectivity index (χ1v) is 9.55. The standard InChI is InChI=1S/C11H10O5S.C6H8O6.2Na/c1-11(17(14,15)16)6-9(12)7-4-2-3-5-8(7)10(11)13;7-1-2(8)5-3(9)4(10)6(11)12-5;;/h2-5H,6H2,1H3,(H,14,15,16);2,5,7-10H,1H2;;. The number of aliphatic hydroxyl groups is 4. The van der Waals surface area contributed by atoms with Crippen LogP contribution in [0.25, 0.3) is 0 Å². The number of carbonyl (C=O) groups excluding carboxylic acids is 3. The Kier molecular flexibility index (Phi) is 11.1. The molecule has 0 spiro atoms. The summed E-state index contributed by atoms with van der Waals surface area (Å²) in [6.45, 7) is 0.397. The van der Waals surface area contributed by atoms with Crippen LogP contribution in [-0.4, -0.2) is 134 Å². The number of fused-ring (bicyclic) bond motifs is 1. The number of rotatable bonds is 3. The van der Waals surface area contributed by atoms with Crippen LogP contribution in [0.1, 0.15) is 34.1 Å². The van der Waals surface area contributed by atoms with E-state index in [1.165, 1.54) is 12.1 Å². The van der Waals surface area contributed by atoms with Crippen molar-refractivity contribution in [2.75, 3.05) is 6.61 Å². The minimum atomic E-state index is -4.62. The molecule has 1 aliphatic carbocycles. The van der Waals surface area contributed by atoms with Gasteiger partial charge in [-0.2, -0.15) is 8.42 Å². The number of hydrogen-bond acceptors (Lipinski definition) is 10. The van der Waals surface area contributed by atoms with Gasteiger partial charge in [-0.15, -0.1) is 0 Å². The third-order valence-electron chi connectivity index (χ3n) is 4.50. The Bertz CT molecular complexity index is 1010. The van der Waals surface area contributed by atoms with Gasteiger partial charge in [0.2, 0.25) is 5.76 Å². The number of cyclic esters (lactones) is 1. The number of ether oxygens (including phenoxy) is 1. The number of carbonyl (C=O) groups is 3. The van der Waals surface area contributed by atoms with Crippen LogP contribution in [0, 0.1) is 0 Å². The maximum atomic E-state index is 12.0. The summed E-state index contributed by atoms with van der Waals surface area (Å²) in [7, 11) is -4.62. The molecule has 0 fully saturated rings. The van der Waals surface area contributed by atoms with Gasteiger partial charge in [0.1, 0.15) is 6.10 Å². The van der Waals surface area contributed by atoms with E-state index in [1.54, 1.807) is 12.1 Å². The van der Waals surface area contributed by atoms with Gasteiger partial charge in [0.25, 0.3) is 10.1 Å². The summed E-state index contributed by atoms with van der Waals surface area (Å²) in [5.74, 6) is -3.98. The number of benzene rings is 1. The van der Waals surface area contributed by atoms with E-state index in [-0.39, 0.29) is 70.2 Å². The van der Waals surface area contributed by atoms with Crippen molar-refractivity contribution in [3.8, 4) is 0 Å². The normalized spacial score (nSPS) is 23.5. The van der Waals surface area contributed by atoms with Crippen molar-refractivity contribution in [3.05, 3.63) is 46.9 Å². The molecular weight excluding hydrogens is 458 g/mol. The van der Waals surface area contributed by atoms with Gasteiger partial charge in [0.05, 0.1) is 6.61 Å². The Balaban J connectivity index is 0.000000575. The van der Waals surface area contributed by atoms with Gasteiger partial charge in [0.15, 0.2) is 28.2 Å². The van der Waals surface area contributed by atoms with Gasteiger partial charge in [-0.05, 0) is 6.92 Å². The average Bonchev–Trinajstić information content (AvgIpc) is 2.92. The molecule has 1 aromatic carbocycles. The van der Waals surface area contributed by atoms with Crippen LogP contribution < -0.4 is 0 Å². The van der Waals surface area contributed by atoms with Crippen LogP contribution in [0.3, 0.4) is 0 Å². The van der Waals surface area contributed by atoms with E-state index in [2.05, 4.69) is 4.74 Å². The van der Waals surface area contributed by atoms with E-state index in [9.17, 15) is 22.8 Å². The molecule has 1 aromatic rings. The first-order chi connectivity index (χ1) is 13.3. The Morgan fingerprint density at radius 2 is 1.65 bits per heavy atom. The van der Waals surface area contributed by atoms with Crippen LogP contribution >= 0.6 is 0 Å². The number of ketones is 2. The predicted octanol–water partition coefficient (Wildman–Crippen LogP) is -1.07. The molecule has 1 heterocycles. The van der Waals surface area contributed by atoms with Crippen LogP contribution in [0.2, 0.25) is 0 Å². The van der Waals surface area contributed by atoms with Crippen molar-refractivity contribution in [1.29, 1.82) is 0 Å². The van der Waals surface area contributed by atoms with Crippen molar-refractivity contribution in [1.82, 2.24) is 0 Å². The minimum absolute atomic E-state index is 0. The van der Waals surface area contributed by atoms with Crippen molar-refractivity contribution < 1.29 is 52.5 Å². The van der Waals surface area contributed by atoms with E-state index in [1.807, 2.05) is 0 Å². The Morgan fingerprint density at radius 3 is 2.06 bits per heavy atom. The molecule has 0 saturated heterocycles. The summed E-state index contributed by atoms with van der Waals surface area (Å²) in [4.78, 5) is 34.3. The predicted molar refractivity (Wildman–Crippen MR) is 106 cm³/mol. The molecule has 0 saturated carbocycles. The average molecular weight is 476 g/mol. The molecule has 3 unspecified atom stereocenters. The maximum Gasteiger partial charge on any atom is 0.377 e. The Morgan fingerprint density at radius 1 is 1.13 bits per heavy atom. The van der Waals surface area contributed by atoms with Crippen molar-refractivity contribution in [2.45, 2.75) is 30.3 Å². The Hall–Kier alpha value is -0.800. The van der Waals surface area contributed by atoms with E-state index in [4.69, 9.17) is 25.0 Å². The number of hydrogen-bond donors (Lipinski definition) is 5. The first kappa shape index (κ1) is 30.2. The topological polar surface area (TPSA) is 196 Å². The summed E-state index contributed by atoms with van der Waals surface area (Å²) in [6.07, 6.45) is -3.30. The molecule has 1 aliphatic heterocycles. The molecule has 2 aliphatic rings. The van der Waals surface area contributed by atoms with Gasteiger partial charge in [-0.3, -0.25) is 14.1 Å². The molecule has 11 nitrogen and oxygen atoms in total. The van der Waals surface area contributed by atoms with Gasteiger partial charge in [0, 0.05) is 76.7 Å². The fourth-order valence-electron chi connectivity index (χ4n) is 2.72. The van der Waals surface area contributed by atoms with Gasteiger partial charge >= 0.3 is 5.97 Å². The third-order valence-corrected chi connectivity index (χ3v) is 5.96. The Labute approximate surface area is 221 Å². The fraction of sp³-hybridized carbons (Fsp3) is 0.353. The minimum Gasteiger partial charge on any atom is -0.505 e. The van der Waals surface area contributed by atoms with Crippen LogP contribution in [0.15, 0.2) is 35.8 Å². The SMILES string of the molecule is CC1(S(=O)(=O)O)CC(=O)c2ccccc2C1=O.O=C1OC(C(O)CO)C(O)=C1O.[Na].[Na]. The molecular formula is C17H18Na2O11S. The molecule has 0 aromatic heterocycles. The van der Waals surface area contributed by atoms with Crippen LogP contribution in [-0.2, 0) is 19.6 Å². The van der Waals surface area contributed by atoms with E-state index in [0.717, 1.165) is 6.92 Å². The zero-order chi connectivity index (χ0) is 22.1. The monoisotopic (exact) mass is 476 g/mol. The fourth-order valence-corrected chi connectivity index (χ4v) is 3.38. The third kappa shape index (κ3) is 5.96. The number of esters is 1. The summed E-state index contributed by atoms with van der Waals surface area (Å²) in [5.41, 5.74) is 0.252. The quantitative estimate of drug-likeness (QED) is 0.202. The summed E-state index contributed by atoms with van der Waals surface area (Å²) in [6, 6.07) is 6.00. The van der Waals surface area contributed by atoms with E-state index >= 15 is 0 Å². The molecule has 3 atom stereocenters. The largest absolute Gasteiger partial charge is 0.505 e. The zero-order valence-corrected chi connectivity index (χ0v) is 21.8. The molecule has 0 bridgehead atoms. The molecule has 3 rings (SSSR count). The summed E-state index contributed by atoms with van der Waals surface area (Å²) in [5, 5.41) is 35.0. The molecule has 2 radical (unpaired) electrons. The van der Waals surface area contributed by atoms with Crippen molar-refractivity contribution in [2.24, 2.45) is 0 Å². The van der Waals surface area contributed by atoms with Gasteiger partial charge in [-0.25, -0.2) is 4.79 Å². The second-order valence-corrected chi connectivity index (χ2v) is 8.34. The van der Waals surface area contributed by atoms with E-state index in [0.29, 0.717) is 0 Å². The van der Waals surface area contributed by atoms with Crippen LogP contribution in [0.4, 0.5) is 0 Å². The molecule has 31 heavy (non-hydrogen) atoms. The smallest absolute Gasteiger partial charge is 0.377 e. The summed E-state index contributed by atoms with van der Waals surface area (Å²) >= 11 is 0. The van der Waals surface area contributed by atoms with Gasteiger partial charge < -0.3 is 25.2 Å². The van der Waals surface area contributed by atoms with Crippen LogP contribution in [0.5, 0.6) is 0 Å². The van der Waals surface area contributed by atoms with Crippen molar-refractivity contribution in [3.63, 3.8) is 0 Å². The van der Waals surface area contributed by atoms with Crippen molar-refractivity contribution >= 4 is 86.8 Å².